The van der Waals surface area contributed by atoms with Gasteiger partial charge < -0.3 is 9.53 Å². The lowest BCUT2D eigenvalue weighted by Crippen LogP contribution is -2.67. The van der Waals surface area contributed by atoms with Gasteiger partial charge in [0.25, 0.3) is 8.32 Å². The van der Waals surface area contributed by atoms with Crippen LogP contribution in [-0.4, -0.2) is 26.1 Å². The molecule has 0 unspecified atom stereocenters. The quantitative estimate of drug-likeness (QED) is 0.439. The highest BCUT2D eigenvalue weighted by Gasteiger charge is 2.50. The second-order valence-corrected chi connectivity index (χ2v) is 13.2. The molecule has 2 rings (SSSR count). The molecular weight excluding hydrogens is 463 g/mol. The Morgan fingerprint density at radius 2 is 1.48 bits per heavy atom. The third kappa shape index (κ3) is 4.91. The van der Waals surface area contributed by atoms with E-state index in [1.165, 1.54) is 10.4 Å². The molecular formula is C23H31IO2Si. The molecule has 1 N–H and O–H groups in total. The number of hydrogen-bond donors (Lipinski definition) is 1. The fourth-order valence-corrected chi connectivity index (χ4v) is 8.66. The van der Waals surface area contributed by atoms with Crippen molar-refractivity contribution in [2.75, 3.05) is 6.61 Å². The van der Waals surface area contributed by atoms with Crippen LogP contribution in [0.3, 0.4) is 0 Å². The van der Waals surface area contributed by atoms with Gasteiger partial charge in [-0.15, -0.1) is 0 Å². The van der Waals surface area contributed by atoms with Gasteiger partial charge in [-0.1, -0.05) is 111 Å². The van der Waals surface area contributed by atoms with Gasteiger partial charge in [0.15, 0.2) is 0 Å². The van der Waals surface area contributed by atoms with Crippen LogP contribution in [0.15, 0.2) is 70.3 Å². The molecule has 27 heavy (non-hydrogen) atoms. The van der Waals surface area contributed by atoms with Gasteiger partial charge in [-0.3, -0.25) is 0 Å². The summed E-state index contributed by atoms with van der Waals surface area (Å²) in [5.74, 6) is 0.0256. The van der Waals surface area contributed by atoms with Crippen LogP contribution in [0.5, 0.6) is 0 Å². The average molecular weight is 494 g/mol. The van der Waals surface area contributed by atoms with E-state index in [0.29, 0.717) is 6.61 Å². The second kappa shape index (κ2) is 9.50. The first-order valence-corrected chi connectivity index (χ1v) is 12.6. The van der Waals surface area contributed by atoms with Crippen LogP contribution < -0.4 is 10.4 Å². The molecule has 0 bridgehead atoms. The minimum absolute atomic E-state index is 0.0256. The van der Waals surface area contributed by atoms with Gasteiger partial charge >= 0.3 is 0 Å². The molecule has 146 valence electrons. The van der Waals surface area contributed by atoms with Gasteiger partial charge in [0.05, 0.1) is 6.10 Å². The molecule has 0 spiro atoms. The summed E-state index contributed by atoms with van der Waals surface area (Å²) in [6.07, 6.45) is -0.486. The smallest absolute Gasteiger partial charge is 0.261 e. The number of benzene rings is 2. The summed E-state index contributed by atoms with van der Waals surface area (Å²) in [7, 11) is -2.54. The Morgan fingerprint density at radius 1 is 1.04 bits per heavy atom. The molecule has 0 saturated heterocycles. The Hall–Kier alpha value is -0.953. The zero-order valence-corrected chi connectivity index (χ0v) is 20.1. The summed E-state index contributed by atoms with van der Waals surface area (Å²) in [4.78, 5) is 0. The zero-order chi connectivity index (χ0) is 20.1. The van der Waals surface area contributed by atoms with Crippen LogP contribution in [0.1, 0.15) is 34.6 Å². The van der Waals surface area contributed by atoms with Gasteiger partial charge in [0.2, 0.25) is 0 Å². The van der Waals surface area contributed by atoms with Crippen LogP contribution in [-0.2, 0) is 4.43 Å². The van der Waals surface area contributed by atoms with Gasteiger partial charge in [0.1, 0.15) is 0 Å². The first-order chi connectivity index (χ1) is 12.7. The topological polar surface area (TPSA) is 29.5 Å². The van der Waals surface area contributed by atoms with Crippen molar-refractivity contribution in [2.24, 2.45) is 5.92 Å². The number of aliphatic hydroxyl groups is 1. The molecule has 0 heterocycles. The predicted octanol–water partition coefficient (Wildman–Crippen LogP) is 4.90. The van der Waals surface area contributed by atoms with Crippen molar-refractivity contribution in [3.63, 3.8) is 0 Å². The molecule has 0 aliphatic carbocycles. The molecule has 2 aromatic carbocycles. The van der Waals surface area contributed by atoms with Crippen LogP contribution in [0.2, 0.25) is 5.04 Å². The Labute approximate surface area is 178 Å². The minimum atomic E-state index is -2.54. The van der Waals surface area contributed by atoms with E-state index in [0.717, 1.165) is 5.57 Å². The fourth-order valence-electron chi connectivity index (χ4n) is 3.62. The highest BCUT2D eigenvalue weighted by molar-refractivity contribution is 14.1. The molecule has 2 atom stereocenters. The first-order valence-electron chi connectivity index (χ1n) is 9.44. The van der Waals surface area contributed by atoms with Crippen molar-refractivity contribution in [3.8, 4) is 0 Å². The van der Waals surface area contributed by atoms with E-state index in [4.69, 9.17) is 4.43 Å². The number of hydrogen-bond acceptors (Lipinski definition) is 2. The third-order valence-corrected chi connectivity index (χ3v) is 11.1. The Kier molecular flexibility index (Phi) is 7.86. The van der Waals surface area contributed by atoms with Crippen molar-refractivity contribution in [1.29, 1.82) is 0 Å². The van der Waals surface area contributed by atoms with Crippen molar-refractivity contribution < 1.29 is 9.53 Å². The fraction of sp³-hybridized carbons (Fsp3) is 0.391. The zero-order valence-electron chi connectivity index (χ0n) is 16.9. The SMILES string of the molecule is C/C(=C\I)[C@@H](O)[C@@H](C)CO[Si](c1ccccc1)(c1ccccc1)C(C)(C)C. The molecule has 4 heteroatoms. The maximum atomic E-state index is 10.6. The molecule has 0 amide bonds. The van der Waals surface area contributed by atoms with E-state index in [1.54, 1.807) is 0 Å². The molecule has 0 aliphatic rings. The Bertz CT molecular complexity index is 698. The highest BCUT2D eigenvalue weighted by Crippen LogP contribution is 2.37. The van der Waals surface area contributed by atoms with Crippen molar-refractivity contribution in [2.45, 2.75) is 45.8 Å². The number of rotatable bonds is 7. The Balaban J connectivity index is 2.50. The monoisotopic (exact) mass is 494 g/mol. The molecule has 2 aromatic rings. The first kappa shape index (κ1) is 22.3. The normalized spacial score (nSPS) is 15.4. The lowest BCUT2D eigenvalue weighted by molar-refractivity contribution is 0.108. The molecule has 0 aromatic heterocycles. The van der Waals surface area contributed by atoms with E-state index >= 15 is 0 Å². The average Bonchev–Trinajstić information content (AvgIpc) is 2.67. The van der Waals surface area contributed by atoms with E-state index in [9.17, 15) is 5.11 Å². The molecule has 0 radical (unpaired) electrons. The Morgan fingerprint density at radius 3 is 1.85 bits per heavy atom. The summed E-state index contributed by atoms with van der Waals surface area (Å²) in [6.45, 7) is 11.4. The molecule has 2 nitrogen and oxygen atoms in total. The lowest BCUT2D eigenvalue weighted by Gasteiger charge is -2.43. The van der Waals surface area contributed by atoms with E-state index in [1.807, 2.05) is 11.0 Å². The van der Waals surface area contributed by atoms with Gasteiger partial charge in [-0.25, -0.2) is 0 Å². The minimum Gasteiger partial charge on any atom is -0.407 e. The van der Waals surface area contributed by atoms with Crippen LogP contribution in [0.4, 0.5) is 0 Å². The van der Waals surface area contributed by atoms with E-state index < -0.39 is 14.4 Å². The van der Waals surface area contributed by atoms with Crippen LogP contribution >= 0.6 is 22.6 Å². The van der Waals surface area contributed by atoms with Crippen molar-refractivity contribution in [1.82, 2.24) is 0 Å². The molecule has 0 saturated carbocycles. The van der Waals surface area contributed by atoms with Crippen molar-refractivity contribution in [3.05, 3.63) is 70.3 Å². The third-order valence-electron chi connectivity index (χ3n) is 5.16. The summed E-state index contributed by atoms with van der Waals surface area (Å²) >= 11 is 2.18. The van der Waals surface area contributed by atoms with Gasteiger partial charge in [-0.2, -0.15) is 0 Å². The number of aliphatic hydroxyl groups excluding tert-OH is 1. The molecule has 0 aliphatic heterocycles. The van der Waals surface area contributed by atoms with E-state index in [2.05, 4.69) is 111 Å². The second-order valence-electron chi connectivity index (χ2n) is 8.25. The van der Waals surface area contributed by atoms with Crippen LogP contribution in [0.25, 0.3) is 0 Å². The maximum Gasteiger partial charge on any atom is 0.261 e. The number of halogens is 1. The highest BCUT2D eigenvalue weighted by atomic mass is 127. The summed E-state index contributed by atoms with van der Waals surface area (Å²) in [6, 6.07) is 21.3. The largest absolute Gasteiger partial charge is 0.407 e. The van der Waals surface area contributed by atoms with Gasteiger partial charge in [-0.05, 0) is 32.0 Å². The maximum absolute atomic E-state index is 10.6. The standard InChI is InChI=1S/C23H31IO2Si/c1-18(16-24)22(25)19(2)17-26-27(23(3,4)5,20-12-8-6-9-13-20)21-14-10-7-11-15-21/h6-16,19,22,25H,17H2,1-5H3/b18-16+/t19-,22+/m0/s1. The lowest BCUT2D eigenvalue weighted by atomic mass is 10.0. The van der Waals surface area contributed by atoms with Gasteiger partial charge in [0, 0.05) is 12.5 Å². The van der Waals surface area contributed by atoms with Crippen LogP contribution in [0, 0.1) is 5.92 Å². The van der Waals surface area contributed by atoms with Crippen molar-refractivity contribution >= 4 is 41.3 Å². The summed E-state index contributed by atoms with van der Waals surface area (Å²) in [5.41, 5.74) is 0.981. The summed E-state index contributed by atoms with van der Waals surface area (Å²) < 4.78 is 8.84. The molecule has 0 fully saturated rings. The predicted molar refractivity (Wildman–Crippen MR) is 127 cm³/mol. The summed E-state index contributed by atoms with van der Waals surface area (Å²) in [5, 5.41) is 13.1. The van der Waals surface area contributed by atoms with E-state index in [-0.39, 0.29) is 11.0 Å².